The van der Waals surface area contributed by atoms with Crippen molar-refractivity contribution in [2.24, 2.45) is 0 Å². The first kappa shape index (κ1) is 14.7. The Balaban J connectivity index is 1.87. The summed E-state index contributed by atoms with van der Waals surface area (Å²) in [6.45, 7) is 6.09. The molecular weight excluding hydrogens is 270 g/mol. The van der Waals surface area contributed by atoms with E-state index in [1.54, 1.807) is 0 Å². The number of benzene rings is 1. The number of rotatable bonds is 5. The molecule has 0 saturated heterocycles. The summed E-state index contributed by atoms with van der Waals surface area (Å²) in [5.41, 5.74) is 4.14. The standard InChI is InChI=1S/C15H19N3OS/c1-4-13-11(3)16-15(18-13)20-9-14(19)17-12-7-5-10(2)6-8-12/h5-8H,4,9H2,1-3H3,(H,16,18)(H,17,19). The van der Waals surface area contributed by atoms with Gasteiger partial charge >= 0.3 is 0 Å². The third-order valence-corrected chi connectivity index (χ3v) is 3.85. The Kier molecular flexibility index (Phi) is 4.84. The Morgan fingerprint density at radius 3 is 2.60 bits per heavy atom. The molecule has 1 heterocycles. The summed E-state index contributed by atoms with van der Waals surface area (Å²) < 4.78 is 0. The fourth-order valence-electron chi connectivity index (χ4n) is 1.85. The Morgan fingerprint density at radius 2 is 2.00 bits per heavy atom. The van der Waals surface area contributed by atoms with Crippen LogP contribution in [0.2, 0.25) is 0 Å². The van der Waals surface area contributed by atoms with Gasteiger partial charge in [-0.3, -0.25) is 4.79 Å². The summed E-state index contributed by atoms with van der Waals surface area (Å²) >= 11 is 1.42. The lowest BCUT2D eigenvalue weighted by Crippen LogP contribution is -2.14. The highest BCUT2D eigenvalue weighted by atomic mass is 32.2. The second kappa shape index (κ2) is 6.61. The average Bonchev–Trinajstić information content (AvgIpc) is 2.79. The van der Waals surface area contributed by atoms with Gasteiger partial charge in [-0.05, 0) is 32.4 Å². The van der Waals surface area contributed by atoms with Crippen LogP contribution in [0.25, 0.3) is 0 Å². The molecule has 0 unspecified atom stereocenters. The van der Waals surface area contributed by atoms with Crippen LogP contribution >= 0.6 is 11.8 Å². The molecule has 2 aromatic rings. The van der Waals surface area contributed by atoms with Gasteiger partial charge in [-0.15, -0.1) is 0 Å². The number of aromatic amines is 1. The van der Waals surface area contributed by atoms with Crippen molar-refractivity contribution in [3.63, 3.8) is 0 Å². The maximum Gasteiger partial charge on any atom is 0.234 e. The summed E-state index contributed by atoms with van der Waals surface area (Å²) in [6.07, 6.45) is 0.901. The Labute approximate surface area is 123 Å². The highest BCUT2D eigenvalue weighted by Gasteiger charge is 2.08. The SMILES string of the molecule is CCc1nc(SCC(=O)Nc2ccc(C)cc2)[nH]c1C. The molecule has 0 spiro atoms. The van der Waals surface area contributed by atoms with E-state index in [4.69, 9.17) is 0 Å². The molecule has 0 bridgehead atoms. The first-order valence-electron chi connectivity index (χ1n) is 6.63. The molecule has 4 nitrogen and oxygen atoms in total. The number of hydrogen-bond acceptors (Lipinski definition) is 3. The molecule has 1 aromatic carbocycles. The number of aryl methyl sites for hydroxylation is 3. The van der Waals surface area contributed by atoms with E-state index in [0.29, 0.717) is 5.75 Å². The zero-order valence-electron chi connectivity index (χ0n) is 12.0. The molecular formula is C15H19N3OS. The second-order valence-corrected chi connectivity index (χ2v) is 5.63. The van der Waals surface area contributed by atoms with Gasteiger partial charge in [0.1, 0.15) is 0 Å². The average molecular weight is 289 g/mol. The van der Waals surface area contributed by atoms with Crippen LogP contribution in [0, 0.1) is 13.8 Å². The van der Waals surface area contributed by atoms with Crippen molar-refractivity contribution in [1.29, 1.82) is 0 Å². The zero-order chi connectivity index (χ0) is 14.5. The van der Waals surface area contributed by atoms with E-state index in [1.807, 2.05) is 38.1 Å². The summed E-state index contributed by atoms with van der Waals surface area (Å²) in [4.78, 5) is 19.5. The maximum absolute atomic E-state index is 11.9. The zero-order valence-corrected chi connectivity index (χ0v) is 12.8. The summed E-state index contributed by atoms with van der Waals surface area (Å²) in [7, 11) is 0. The third-order valence-electron chi connectivity index (χ3n) is 2.97. The molecule has 106 valence electrons. The molecule has 2 N–H and O–H groups in total. The van der Waals surface area contributed by atoms with E-state index >= 15 is 0 Å². The van der Waals surface area contributed by atoms with Crippen molar-refractivity contribution in [3.05, 3.63) is 41.2 Å². The topological polar surface area (TPSA) is 57.8 Å². The normalized spacial score (nSPS) is 10.6. The van der Waals surface area contributed by atoms with Crippen LogP contribution in [0.3, 0.4) is 0 Å². The van der Waals surface area contributed by atoms with Gasteiger partial charge in [-0.25, -0.2) is 4.98 Å². The van der Waals surface area contributed by atoms with Gasteiger partial charge in [-0.2, -0.15) is 0 Å². The van der Waals surface area contributed by atoms with E-state index in [-0.39, 0.29) is 5.91 Å². The van der Waals surface area contributed by atoms with Gasteiger partial charge in [0.25, 0.3) is 0 Å². The highest BCUT2D eigenvalue weighted by Crippen LogP contribution is 2.17. The summed E-state index contributed by atoms with van der Waals surface area (Å²) in [5.74, 6) is 0.329. The van der Waals surface area contributed by atoms with Crippen molar-refractivity contribution in [1.82, 2.24) is 9.97 Å². The van der Waals surface area contributed by atoms with E-state index in [9.17, 15) is 4.79 Å². The van der Waals surface area contributed by atoms with Crippen LogP contribution in [0.4, 0.5) is 5.69 Å². The minimum absolute atomic E-state index is 0.0223. The highest BCUT2D eigenvalue weighted by molar-refractivity contribution is 7.99. The summed E-state index contributed by atoms with van der Waals surface area (Å²) in [5, 5.41) is 3.68. The lowest BCUT2D eigenvalue weighted by Gasteiger charge is -2.04. The number of amides is 1. The van der Waals surface area contributed by atoms with Crippen molar-refractivity contribution < 1.29 is 4.79 Å². The Morgan fingerprint density at radius 1 is 1.30 bits per heavy atom. The van der Waals surface area contributed by atoms with Crippen molar-refractivity contribution >= 4 is 23.4 Å². The third kappa shape index (κ3) is 3.87. The summed E-state index contributed by atoms with van der Waals surface area (Å²) in [6, 6.07) is 7.77. The van der Waals surface area contributed by atoms with Crippen LogP contribution in [-0.4, -0.2) is 21.6 Å². The smallest absolute Gasteiger partial charge is 0.234 e. The molecule has 1 amide bonds. The number of carbonyl (C=O) groups excluding carboxylic acids is 1. The number of nitrogens with one attached hydrogen (secondary N) is 2. The van der Waals surface area contributed by atoms with Gasteiger partial charge in [0, 0.05) is 11.4 Å². The molecule has 0 fully saturated rings. The number of hydrogen-bond donors (Lipinski definition) is 2. The molecule has 0 saturated carbocycles. The van der Waals surface area contributed by atoms with Crippen LogP contribution in [0.5, 0.6) is 0 Å². The van der Waals surface area contributed by atoms with Gasteiger partial charge < -0.3 is 10.3 Å². The molecule has 0 aliphatic heterocycles. The number of H-pyrrole nitrogens is 1. The molecule has 5 heteroatoms. The number of anilines is 1. The number of thioether (sulfide) groups is 1. The maximum atomic E-state index is 11.9. The van der Waals surface area contributed by atoms with Crippen LogP contribution < -0.4 is 5.32 Å². The van der Waals surface area contributed by atoms with E-state index in [2.05, 4.69) is 22.2 Å². The first-order chi connectivity index (χ1) is 9.58. The minimum atomic E-state index is -0.0223. The van der Waals surface area contributed by atoms with Crippen LogP contribution in [-0.2, 0) is 11.2 Å². The molecule has 0 atom stereocenters. The fourth-order valence-corrected chi connectivity index (χ4v) is 2.59. The number of nitrogens with zero attached hydrogens (tertiary/aromatic N) is 1. The predicted octanol–water partition coefficient (Wildman–Crippen LogP) is 3.32. The molecule has 0 aliphatic carbocycles. The van der Waals surface area contributed by atoms with Crippen LogP contribution in [0.15, 0.2) is 29.4 Å². The molecule has 1 aromatic heterocycles. The number of carbonyl (C=O) groups is 1. The van der Waals surface area contributed by atoms with Crippen molar-refractivity contribution in [2.45, 2.75) is 32.3 Å². The van der Waals surface area contributed by atoms with Crippen LogP contribution in [0.1, 0.15) is 23.9 Å². The van der Waals surface area contributed by atoms with Gasteiger partial charge in [0.2, 0.25) is 5.91 Å². The van der Waals surface area contributed by atoms with E-state index < -0.39 is 0 Å². The van der Waals surface area contributed by atoms with E-state index in [0.717, 1.165) is 28.7 Å². The predicted molar refractivity (Wildman–Crippen MR) is 83.2 cm³/mol. The van der Waals surface area contributed by atoms with Gasteiger partial charge in [0.05, 0.1) is 11.4 Å². The number of aromatic nitrogens is 2. The minimum Gasteiger partial charge on any atom is -0.337 e. The Hall–Kier alpha value is -1.75. The van der Waals surface area contributed by atoms with Gasteiger partial charge in [0.15, 0.2) is 5.16 Å². The molecule has 2 rings (SSSR count). The molecule has 0 radical (unpaired) electrons. The quantitative estimate of drug-likeness (QED) is 0.830. The van der Waals surface area contributed by atoms with Crippen molar-refractivity contribution in [3.8, 4) is 0 Å². The fraction of sp³-hybridized carbons (Fsp3) is 0.333. The molecule has 20 heavy (non-hydrogen) atoms. The van der Waals surface area contributed by atoms with Crippen molar-refractivity contribution in [2.75, 3.05) is 11.1 Å². The largest absolute Gasteiger partial charge is 0.337 e. The lowest BCUT2D eigenvalue weighted by atomic mass is 10.2. The lowest BCUT2D eigenvalue weighted by molar-refractivity contribution is -0.113. The van der Waals surface area contributed by atoms with Gasteiger partial charge in [-0.1, -0.05) is 36.4 Å². The second-order valence-electron chi connectivity index (χ2n) is 4.67. The van der Waals surface area contributed by atoms with E-state index in [1.165, 1.54) is 17.3 Å². The Bertz CT molecular complexity index is 590. The monoisotopic (exact) mass is 289 g/mol. The first-order valence-corrected chi connectivity index (χ1v) is 7.62. The number of imidazole rings is 1. The molecule has 0 aliphatic rings.